The molecule has 0 fully saturated rings. The van der Waals surface area contributed by atoms with Gasteiger partial charge in [-0.15, -0.1) is 0 Å². The van der Waals surface area contributed by atoms with E-state index in [0.717, 1.165) is 0 Å². The second-order valence-electron chi connectivity index (χ2n) is 2.90. The highest BCUT2D eigenvalue weighted by Crippen LogP contribution is 2.08. The van der Waals surface area contributed by atoms with Crippen molar-refractivity contribution in [3.63, 3.8) is 0 Å². The first kappa shape index (κ1) is 12.0. The maximum absolute atomic E-state index is 11.2. The summed E-state index contributed by atoms with van der Waals surface area (Å²) in [5, 5.41) is 2.71. The van der Waals surface area contributed by atoms with E-state index < -0.39 is 11.9 Å². The van der Waals surface area contributed by atoms with Crippen molar-refractivity contribution >= 4 is 17.9 Å². The molecule has 0 aromatic carbocycles. The van der Waals surface area contributed by atoms with Crippen LogP contribution in [0, 0.1) is 0 Å². The third-order valence-corrected chi connectivity index (χ3v) is 1.64. The zero-order valence-electron chi connectivity index (χ0n) is 8.86. The lowest BCUT2D eigenvalue weighted by Crippen LogP contribution is -2.16. The normalized spacial score (nSPS) is 9.81. The Hall–Kier alpha value is -2.05. The Balaban J connectivity index is 2.45. The Morgan fingerprint density at radius 1 is 1.62 bits per heavy atom. The fourth-order valence-corrected chi connectivity index (χ4v) is 0.946. The summed E-state index contributed by atoms with van der Waals surface area (Å²) in [6.07, 6.45) is 1.35. The van der Waals surface area contributed by atoms with E-state index in [-0.39, 0.29) is 24.7 Å². The Labute approximate surface area is 92.0 Å². The molecule has 0 aliphatic heterocycles. The average molecular weight is 227 g/mol. The Morgan fingerprint density at radius 3 is 3.00 bits per heavy atom. The van der Waals surface area contributed by atoms with E-state index in [4.69, 9.17) is 14.9 Å². The number of nitrogens with two attached hydrogens (primary N) is 1. The zero-order valence-corrected chi connectivity index (χ0v) is 8.86. The van der Waals surface area contributed by atoms with Crippen molar-refractivity contribution in [2.45, 2.75) is 13.3 Å². The minimum atomic E-state index is -0.547. The van der Waals surface area contributed by atoms with Crippen LogP contribution in [0.2, 0.25) is 0 Å². The highest BCUT2D eigenvalue weighted by atomic mass is 16.5. The minimum absolute atomic E-state index is 0.0865. The lowest BCUT2D eigenvalue weighted by atomic mass is 10.4. The monoisotopic (exact) mass is 227 g/mol. The molecule has 1 amide bonds. The predicted octanol–water partition coefficient (Wildman–Crippen LogP) is 0.139. The highest BCUT2D eigenvalue weighted by molar-refractivity contribution is 5.87. The van der Waals surface area contributed by atoms with Crippen molar-refractivity contribution in [2.24, 2.45) is 5.73 Å². The summed E-state index contributed by atoms with van der Waals surface area (Å²) < 4.78 is 9.66. The van der Waals surface area contributed by atoms with Crippen LogP contribution in [0.1, 0.15) is 23.8 Å². The molecule has 0 spiro atoms. The van der Waals surface area contributed by atoms with Crippen LogP contribution in [0.25, 0.3) is 0 Å². The number of nitrogens with one attached hydrogen (secondary N) is 1. The lowest BCUT2D eigenvalue weighted by Gasteiger charge is -1.97. The van der Waals surface area contributed by atoms with E-state index in [9.17, 15) is 9.59 Å². The molecule has 0 aliphatic carbocycles. The van der Waals surface area contributed by atoms with Gasteiger partial charge in [0.25, 0.3) is 6.01 Å². The van der Waals surface area contributed by atoms with E-state index in [0.29, 0.717) is 6.54 Å². The van der Waals surface area contributed by atoms with Crippen molar-refractivity contribution in [2.75, 3.05) is 18.5 Å². The van der Waals surface area contributed by atoms with Crippen LogP contribution in [0.5, 0.6) is 0 Å². The van der Waals surface area contributed by atoms with Gasteiger partial charge < -0.3 is 20.2 Å². The molecule has 3 N–H and O–H groups in total. The van der Waals surface area contributed by atoms with Gasteiger partial charge in [-0.3, -0.25) is 4.79 Å². The van der Waals surface area contributed by atoms with Gasteiger partial charge in [0, 0.05) is 13.0 Å². The number of hydrogen-bond donors (Lipinski definition) is 2. The molecule has 7 nitrogen and oxygen atoms in total. The number of oxazole rings is 1. The lowest BCUT2D eigenvalue weighted by molar-refractivity contribution is -0.117. The number of anilines is 1. The van der Waals surface area contributed by atoms with Gasteiger partial charge in [-0.2, -0.15) is 4.98 Å². The van der Waals surface area contributed by atoms with E-state index in [1.54, 1.807) is 6.92 Å². The van der Waals surface area contributed by atoms with Crippen LogP contribution in [0.3, 0.4) is 0 Å². The number of rotatable bonds is 6. The van der Waals surface area contributed by atoms with Crippen molar-refractivity contribution in [3.05, 3.63) is 12.0 Å². The second-order valence-corrected chi connectivity index (χ2v) is 2.90. The number of carbonyl (C=O) groups is 2. The number of esters is 1. The van der Waals surface area contributed by atoms with Gasteiger partial charge in [0.2, 0.25) is 5.91 Å². The standard InChI is InChI=1S/C9H13N3O4/c1-2-15-8(14)6-5-16-9(12-6)11-4-3-7(10)13/h5H,2-4H2,1H3,(H2,10,13)(H,11,12). The second kappa shape index (κ2) is 5.74. The van der Waals surface area contributed by atoms with Crippen molar-refractivity contribution < 1.29 is 18.7 Å². The summed E-state index contributed by atoms with van der Waals surface area (Å²) in [4.78, 5) is 25.5. The van der Waals surface area contributed by atoms with Gasteiger partial charge in [-0.05, 0) is 6.92 Å². The molecular formula is C9H13N3O4. The predicted molar refractivity (Wildman–Crippen MR) is 54.8 cm³/mol. The summed E-state index contributed by atoms with van der Waals surface area (Å²) in [6, 6.07) is 0.157. The molecule has 0 saturated carbocycles. The maximum Gasteiger partial charge on any atom is 0.360 e. The molecule has 1 heterocycles. The van der Waals surface area contributed by atoms with E-state index in [2.05, 4.69) is 10.3 Å². The average Bonchev–Trinajstić information content (AvgIpc) is 2.66. The number of nitrogens with zero attached hydrogens (tertiary/aromatic N) is 1. The van der Waals surface area contributed by atoms with Crippen molar-refractivity contribution in [1.82, 2.24) is 4.98 Å². The molecule has 7 heteroatoms. The number of amides is 1. The molecule has 88 valence electrons. The van der Waals surface area contributed by atoms with Crippen molar-refractivity contribution in [3.8, 4) is 0 Å². The minimum Gasteiger partial charge on any atom is -0.461 e. The molecular weight excluding hydrogens is 214 g/mol. The summed E-state index contributed by atoms with van der Waals surface area (Å²) in [6.45, 7) is 2.28. The fraction of sp³-hybridized carbons (Fsp3) is 0.444. The van der Waals surface area contributed by atoms with E-state index >= 15 is 0 Å². The number of ether oxygens (including phenoxy) is 1. The highest BCUT2D eigenvalue weighted by Gasteiger charge is 2.12. The maximum atomic E-state index is 11.2. The first-order valence-electron chi connectivity index (χ1n) is 4.78. The summed E-state index contributed by atoms with van der Waals surface area (Å²) in [7, 11) is 0. The van der Waals surface area contributed by atoms with Crippen LogP contribution < -0.4 is 11.1 Å². The SMILES string of the molecule is CCOC(=O)c1coc(NCCC(N)=O)n1. The summed E-state index contributed by atoms with van der Waals surface area (Å²) in [5.41, 5.74) is 5.03. The summed E-state index contributed by atoms with van der Waals surface area (Å²) >= 11 is 0. The zero-order chi connectivity index (χ0) is 12.0. The largest absolute Gasteiger partial charge is 0.461 e. The number of carbonyl (C=O) groups excluding carboxylic acids is 2. The topological polar surface area (TPSA) is 107 Å². The third kappa shape index (κ3) is 3.60. The Bertz CT molecular complexity index is 375. The fourth-order valence-electron chi connectivity index (χ4n) is 0.946. The molecule has 1 aromatic rings. The van der Waals surface area contributed by atoms with Crippen LogP contribution in [0.15, 0.2) is 10.7 Å². The van der Waals surface area contributed by atoms with E-state index in [1.165, 1.54) is 6.26 Å². The Morgan fingerprint density at radius 2 is 2.38 bits per heavy atom. The van der Waals surface area contributed by atoms with Crippen LogP contribution in [0.4, 0.5) is 6.01 Å². The molecule has 0 unspecified atom stereocenters. The molecule has 0 bridgehead atoms. The quantitative estimate of drug-likeness (QED) is 0.669. The number of primary amides is 1. The molecule has 0 radical (unpaired) electrons. The smallest absolute Gasteiger partial charge is 0.360 e. The van der Waals surface area contributed by atoms with Gasteiger partial charge in [0.15, 0.2) is 5.69 Å². The molecule has 0 atom stereocenters. The van der Waals surface area contributed by atoms with Gasteiger partial charge >= 0.3 is 5.97 Å². The Kier molecular flexibility index (Phi) is 4.31. The van der Waals surface area contributed by atoms with Crippen molar-refractivity contribution in [1.29, 1.82) is 0 Å². The van der Waals surface area contributed by atoms with Gasteiger partial charge in [-0.25, -0.2) is 4.79 Å². The number of aromatic nitrogens is 1. The van der Waals surface area contributed by atoms with E-state index in [1.807, 2.05) is 0 Å². The summed E-state index contributed by atoms with van der Waals surface area (Å²) in [5.74, 6) is -0.973. The molecule has 1 aromatic heterocycles. The molecule has 1 rings (SSSR count). The molecule has 0 saturated heterocycles. The van der Waals surface area contributed by atoms with Crippen LogP contribution in [-0.4, -0.2) is 30.0 Å². The van der Waals surface area contributed by atoms with Gasteiger partial charge in [0.05, 0.1) is 6.61 Å². The molecule has 16 heavy (non-hydrogen) atoms. The third-order valence-electron chi connectivity index (χ3n) is 1.64. The van der Waals surface area contributed by atoms with Gasteiger partial charge in [0.1, 0.15) is 6.26 Å². The van der Waals surface area contributed by atoms with Crippen LogP contribution >= 0.6 is 0 Å². The number of hydrogen-bond acceptors (Lipinski definition) is 6. The molecule has 0 aliphatic rings. The van der Waals surface area contributed by atoms with Crippen LogP contribution in [-0.2, 0) is 9.53 Å². The first-order chi connectivity index (χ1) is 7.63. The first-order valence-corrected chi connectivity index (χ1v) is 4.78. The van der Waals surface area contributed by atoms with Gasteiger partial charge in [-0.1, -0.05) is 0 Å².